The van der Waals surface area contributed by atoms with E-state index in [-0.39, 0.29) is 36.3 Å². The third kappa shape index (κ3) is 7.95. The largest absolute Gasteiger partial charge is 0.444 e. The molecule has 0 spiro atoms. The number of likely N-dealkylation sites (tertiary alicyclic amines) is 1. The number of ether oxygens (including phenoxy) is 1. The molecule has 204 valence electrons. The summed E-state index contributed by atoms with van der Waals surface area (Å²) in [6, 6.07) is -0.882. The number of hydrogen-bond donors (Lipinski definition) is 3. The molecular weight excluding hydrogens is 468 g/mol. The number of amides is 5. The van der Waals surface area contributed by atoms with E-state index < -0.39 is 17.7 Å². The maximum Gasteiger partial charge on any atom is 0.407 e. The summed E-state index contributed by atoms with van der Waals surface area (Å²) >= 11 is 0. The molecule has 0 radical (unpaired) electrons. The fraction of sp³-hybridized carbons (Fsp3) is 0.833. The van der Waals surface area contributed by atoms with Crippen LogP contribution in [-0.2, 0) is 19.2 Å². The van der Waals surface area contributed by atoms with Crippen molar-refractivity contribution in [2.24, 2.45) is 0 Å². The number of nitrogens with one attached hydrogen (secondary N) is 3. The minimum atomic E-state index is -0.620. The van der Waals surface area contributed by atoms with Gasteiger partial charge in [-0.1, -0.05) is 13.3 Å². The first-order chi connectivity index (χ1) is 17.1. The van der Waals surface area contributed by atoms with Crippen molar-refractivity contribution in [3.63, 3.8) is 0 Å². The molecule has 12 nitrogen and oxygen atoms in total. The van der Waals surface area contributed by atoms with E-state index in [1.54, 1.807) is 0 Å². The van der Waals surface area contributed by atoms with Gasteiger partial charge in [-0.2, -0.15) is 5.06 Å². The standard InChI is InChI=1S/C24H42N6O6/c1-5-6-15-35-30-18-7-8-19(29(16-18)23(30)34)21(32)27-26-20(31)11-14-28-12-9-17(10-13-28)25-22(33)36-24(2,3)4/h17-19H,5-16H2,1-4H3,(H,25,33)(H,26,31)(H,27,32)/t18-,19-/m0/s1. The van der Waals surface area contributed by atoms with Crippen LogP contribution >= 0.6 is 0 Å². The van der Waals surface area contributed by atoms with E-state index in [2.05, 4.69) is 28.0 Å². The number of piperidine rings is 2. The van der Waals surface area contributed by atoms with Crippen molar-refractivity contribution in [1.29, 1.82) is 0 Å². The molecule has 3 heterocycles. The fourth-order valence-electron chi connectivity index (χ4n) is 4.69. The maximum absolute atomic E-state index is 12.7. The maximum atomic E-state index is 12.7. The van der Waals surface area contributed by atoms with E-state index in [9.17, 15) is 19.2 Å². The zero-order valence-electron chi connectivity index (χ0n) is 22.0. The number of hydrazine groups is 1. The van der Waals surface area contributed by atoms with E-state index in [4.69, 9.17) is 9.57 Å². The van der Waals surface area contributed by atoms with Crippen LogP contribution in [-0.4, -0.2) is 95.3 Å². The average molecular weight is 511 g/mol. The molecule has 0 aromatic carbocycles. The third-order valence-corrected chi connectivity index (χ3v) is 6.64. The van der Waals surface area contributed by atoms with Crippen molar-refractivity contribution in [3.05, 3.63) is 0 Å². The summed E-state index contributed by atoms with van der Waals surface area (Å²) in [4.78, 5) is 58.9. The Morgan fingerprint density at radius 2 is 1.78 bits per heavy atom. The molecule has 0 aliphatic carbocycles. The van der Waals surface area contributed by atoms with Gasteiger partial charge in [0.05, 0.1) is 12.6 Å². The van der Waals surface area contributed by atoms with Gasteiger partial charge in [0.1, 0.15) is 11.6 Å². The Kier molecular flexibility index (Phi) is 9.77. The molecule has 3 rings (SSSR count). The highest BCUT2D eigenvalue weighted by Gasteiger charge is 2.47. The van der Waals surface area contributed by atoms with Crippen LogP contribution in [0.1, 0.15) is 72.6 Å². The lowest BCUT2D eigenvalue weighted by Gasteiger charge is -2.32. The van der Waals surface area contributed by atoms with E-state index in [1.807, 2.05) is 20.8 Å². The highest BCUT2D eigenvalue weighted by atomic mass is 16.7. The fourth-order valence-corrected chi connectivity index (χ4v) is 4.69. The van der Waals surface area contributed by atoms with Gasteiger partial charge in [-0.15, -0.1) is 0 Å². The Balaban J connectivity index is 1.32. The predicted molar refractivity (Wildman–Crippen MR) is 131 cm³/mol. The normalized spacial score (nSPS) is 22.9. The summed E-state index contributed by atoms with van der Waals surface area (Å²) in [7, 11) is 0. The van der Waals surface area contributed by atoms with Gasteiger partial charge in [0.15, 0.2) is 0 Å². The molecule has 3 aliphatic heterocycles. The number of rotatable bonds is 9. The van der Waals surface area contributed by atoms with Crippen LogP contribution < -0.4 is 16.2 Å². The second kappa shape index (κ2) is 12.6. The van der Waals surface area contributed by atoms with Crippen molar-refractivity contribution in [3.8, 4) is 0 Å². The van der Waals surface area contributed by atoms with Crippen LogP contribution in [0.2, 0.25) is 0 Å². The lowest BCUT2D eigenvalue weighted by molar-refractivity contribution is -0.132. The van der Waals surface area contributed by atoms with Crippen LogP contribution in [0.25, 0.3) is 0 Å². The predicted octanol–water partition coefficient (Wildman–Crippen LogP) is 1.51. The van der Waals surface area contributed by atoms with Crippen molar-refractivity contribution in [1.82, 2.24) is 31.0 Å². The molecular formula is C24H42N6O6. The third-order valence-electron chi connectivity index (χ3n) is 6.64. The lowest BCUT2D eigenvalue weighted by Crippen LogP contribution is -2.54. The topological polar surface area (TPSA) is 133 Å². The minimum Gasteiger partial charge on any atom is -0.444 e. The van der Waals surface area contributed by atoms with Gasteiger partial charge >= 0.3 is 12.1 Å². The number of fused-ring (bicyclic) bond motifs is 2. The number of alkyl carbamates (subject to hydrolysis) is 1. The van der Waals surface area contributed by atoms with Crippen LogP contribution in [0.15, 0.2) is 0 Å². The molecule has 3 N–H and O–H groups in total. The quantitative estimate of drug-likeness (QED) is 0.316. The Morgan fingerprint density at radius 3 is 2.44 bits per heavy atom. The molecule has 0 aromatic rings. The van der Waals surface area contributed by atoms with E-state index in [0.29, 0.717) is 32.5 Å². The molecule has 36 heavy (non-hydrogen) atoms. The van der Waals surface area contributed by atoms with E-state index in [1.165, 1.54) is 9.96 Å². The molecule has 3 aliphatic rings. The van der Waals surface area contributed by atoms with Gasteiger partial charge in [0.25, 0.3) is 5.91 Å². The summed E-state index contributed by atoms with van der Waals surface area (Å²) in [5.74, 6) is -0.678. The Bertz CT molecular complexity index is 794. The molecule has 2 bridgehead atoms. The van der Waals surface area contributed by atoms with Crippen LogP contribution in [0.3, 0.4) is 0 Å². The summed E-state index contributed by atoms with van der Waals surface area (Å²) in [6.45, 7) is 10.6. The SMILES string of the molecule is CCCCON1C(=O)N2C[C@@H]1CC[C@H]2C(=O)NNC(=O)CCN1CCC(NC(=O)OC(C)(C)C)CC1. The van der Waals surface area contributed by atoms with E-state index in [0.717, 1.165) is 38.8 Å². The summed E-state index contributed by atoms with van der Waals surface area (Å²) < 4.78 is 5.30. The number of carbonyl (C=O) groups excluding carboxylic acids is 4. The van der Waals surface area contributed by atoms with Crippen LogP contribution in [0, 0.1) is 0 Å². The monoisotopic (exact) mass is 510 g/mol. The van der Waals surface area contributed by atoms with Crippen molar-refractivity contribution >= 4 is 23.9 Å². The second-order valence-electron chi connectivity index (χ2n) is 10.7. The number of hydrogen-bond acceptors (Lipinski definition) is 7. The van der Waals surface area contributed by atoms with Gasteiger partial charge in [0, 0.05) is 38.6 Å². The number of urea groups is 1. The van der Waals surface area contributed by atoms with Gasteiger partial charge in [-0.3, -0.25) is 25.3 Å². The van der Waals surface area contributed by atoms with E-state index >= 15 is 0 Å². The Morgan fingerprint density at radius 1 is 1.06 bits per heavy atom. The molecule has 12 heteroatoms. The van der Waals surface area contributed by atoms with Gasteiger partial charge < -0.3 is 19.9 Å². The first-order valence-electron chi connectivity index (χ1n) is 13.1. The van der Waals surface area contributed by atoms with Crippen molar-refractivity contribution < 1.29 is 28.8 Å². The second-order valence-corrected chi connectivity index (χ2v) is 10.7. The zero-order chi connectivity index (χ0) is 26.3. The average Bonchev–Trinajstić information content (AvgIpc) is 3.05. The molecule has 2 atom stereocenters. The lowest BCUT2D eigenvalue weighted by atomic mass is 10.0. The number of hydroxylamine groups is 2. The summed E-state index contributed by atoms with van der Waals surface area (Å²) in [5.41, 5.74) is 4.44. The molecule has 0 unspecified atom stereocenters. The minimum absolute atomic E-state index is 0.0310. The molecule has 5 amide bonds. The van der Waals surface area contributed by atoms with Gasteiger partial charge in [-0.25, -0.2) is 9.59 Å². The summed E-state index contributed by atoms with van der Waals surface area (Å²) in [6.07, 6.45) is 4.44. The molecule has 0 aromatic heterocycles. The number of carbonyl (C=O) groups is 4. The smallest absolute Gasteiger partial charge is 0.407 e. The van der Waals surface area contributed by atoms with Gasteiger partial charge in [-0.05, 0) is 52.9 Å². The van der Waals surface area contributed by atoms with Gasteiger partial charge in [0.2, 0.25) is 5.91 Å². The van der Waals surface area contributed by atoms with Crippen LogP contribution in [0.5, 0.6) is 0 Å². The molecule has 3 saturated heterocycles. The highest BCUT2D eigenvalue weighted by Crippen LogP contribution is 2.30. The van der Waals surface area contributed by atoms with Crippen molar-refractivity contribution in [2.75, 3.05) is 32.8 Å². The van der Waals surface area contributed by atoms with Crippen molar-refractivity contribution in [2.45, 2.75) is 96.4 Å². The zero-order valence-corrected chi connectivity index (χ0v) is 22.0. The molecule has 0 saturated carbocycles. The first-order valence-corrected chi connectivity index (χ1v) is 13.1. The number of unbranched alkanes of at least 4 members (excludes halogenated alkanes) is 1. The summed E-state index contributed by atoms with van der Waals surface area (Å²) in [5, 5.41) is 4.31. The molecule has 3 fully saturated rings. The Hall–Kier alpha value is -2.60. The number of nitrogens with zero attached hydrogens (tertiary/aromatic N) is 3. The highest BCUT2D eigenvalue weighted by molar-refractivity contribution is 5.90. The Labute approximate surface area is 213 Å². The first kappa shape index (κ1) is 28.0. The van der Waals surface area contributed by atoms with Crippen LogP contribution in [0.4, 0.5) is 9.59 Å².